The fourth-order valence-corrected chi connectivity index (χ4v) is 3.72. The molecule has 3 heteroatoms. The smallest absolute Gasteiger partial charge is 0.0672 e. The molecular weight excluding hydrogens is 236 g/mol. The van der Waals surface area contributed by atoms with E-state index in [1.165, 1.54) is 32.1 Å². The zero-order valence-corrected chi connectivity index (χ0v) is 12.7. The third-order valence-electron chi connectivity index (χ3n) is 4.46. The molecule has 0 aromatic rings. The number of hydrogen-bond acceptors (Lipinski definition) is 3. The predicted octanol–water partition coefficient (Wildman–Crippen LogP) is 2.57. The average molecular weight is 266 g/mol. The molecule has 2 atom stereocenters. The Hall–Kier alpha value is -0.380. The first-order chi connectivity index (χ1) is 9.20. The van der Waals surface area contributed by atoms with Gasteiger partial charge in [0.25, 0.3) is 0 Å². The van der Waals surface area contributed by atoms with Crippen LogP contribution in [0.5, 0.6) is 0 Å². The Morgan fingerprint density at radius 2 is 2.00 bits per heavy atom. The first kappa shape index (κ1) is 15.0. The Morgan fingerprint density at radius 1 is 1.32 bits per heavy atom. The van der Waals surface area contributed by atoms with E-state index in [0.29, 0.717) is 6.61 Å². The van der Waals surface area contributed by atoms with Gasteiger partial charge in [0.2, 0.25) is 0 Å². The van der Waals surface area contributed by atoms with Crippen molar-refractivity contribution in [2.45, 2.75) is 64.1 Å². The summed E-state index contributed by atoms with van der Waals surface area (Å²) in [5.41, 5.74) is 1.12. The van der Waals surface area contributed by atoms with E-state index in [9.17, 15) is 0 Å². The molecule has 3 nitrogen and oxygen atoms in total. The van der Waals surface area contributed by atoms with Crippen molar-refractivity contribution in [2.75, 3.05) is 26.3 Å². The van der Waals surface area contributed by atoms with E-state index in [-0.39, 0.29) is 0 Å². The van der Waals surface area contributed by atoms with Crippen molar-refractivity contribution in [3.05, 3.63) is 12.2 Å². The molecule has 2 aliphatic rings. The molecule has 0 aromatic heterocycles. The molecule has 0 radical (unpaired) electrons. The highest BCUT2D eigenvalue weighted by Crippen LogP contribution is 2.33. The highest BCUT2D eigenvalue weighted by atomic mass is 16.5. The number of rotatable bonds is 7. The van der Waals surface area contributed by atoms with Crippen LogP contribution in [0.1, 0.15) is 46.0 Å². The molecule has 19 heavy (non-hydrogen) atoms. The van der Waals surface area contributed by atoms with Crippen LogP contribution in [0.2, 0.25) is 0 Å². The van der Waals surface area contributed by atoms with Gasteiger partial charge in [-0.05, 0) is 39.2 Å². The van der Waals surface area contributed by atoms with Crippen LogP contribution in [0.15, 0.2) is 12.2 Å². The third kappa shape index (κ3) is 4.30. The van der Waals surface area contributed by atoms with Crippen molar-refractivity contribution in [2.24, 2.45) is 0 Å². The molecule has 0 aliphatic carbocycles. The van der Waals surface area contributed by atoms with Crippen LogP contribution < -0.4 is 5.32 Å². The van der Waals surface area contributed by atoms with Gasteiger partial charge in [0, 0.05) is 24.7 Å². The zero-order chi connectivity index (χ0) is 13.7. The number of ether oxygens (including phenoxy) is 1. The normalized spacial score (nSPS) is 31.4. The average Bonchev–Trinajstić information content (AvgIpc) is 2.35. The first-order valence-electron chi connectivity index (χ1n) is 7.92. The molecule has 2 heterocycles. The van der Waals surface area contributed by atoms with E-state index in [2.05, 4.69) is 23.7 Å². The fourth-order valence-electron chi connectivity index (χ4n) is 3.72. The number of fused-ring (bicyclic) bond motifs is 2. The van der Waals surface area contributed by atoms with Crippen molar-refractivity contribution in [3.63, 3.8) is 0 Å². The molecule has 0 amide bonds. The van der Waals surface area contributed by atoms with Crippen LogP contribution >= 0.6 is 0 Å². The van der Waals surface area contributed by atoms with Crippen LogP contribution in [0.3, 0.4) is 0 Å². The molecule has 2 bridgehead atoms. The summed E-state index contributed by atoms with van der Waals surface area (Å²) in [7, 11) is 0. The molecule has 1 N–H and O–H groups in total. The minimum Gasteiger partial charge on any atom is -0.376 e. The molecule has 0 spiro atoms. The molecule has 2 rings (SSSR count). The van der Waals surface area contributed by atoms with Gasteiger partial charge in [-0.25, -0.2) is 0 Å². The molecule has 110 valence electrons. The Balaban J connectivity index is 1.79. The second-order valence-electron chi connectivity index (χ2n) is 6.21. The molecule has 2 fully saturated rings. The van der Waals surface area contributed by atoms with Gasteiger partial charge in [-0.1, -0.05) is 25.5 Å². The lowest BCUT2D eigenvalue weighted by Crippen LogP contribution is -2.56. The Labute approximate surface area is 118 Å². The summed E-state index contributed by atoms with van der Waals surface area (Å²) in [5, 5.41) is 3.65. The van der Waals surface area contributed by atoms with Crippen LogP contribution in [0.25, 0.3) is 0 Å². The van der Waals surface area contributed by atoms with Gasteiger partial charge in [0.1, 0.15) is 0 Å². The van der Waals surface area contributed by atoms with E-state index >= 15 is 0 Å². The van der Waals surface area contributed by atoms with Crippen molar-refractivity contribution in [3.8, 4) is 0 Å². The number of nitrogens with zero attached hydrogens (tertiary/aromatic N) is 1. The van der Waals surface area contributed by atoms with Crippen LogP contribution in [0, 0.1) is 0 Å². The van der Waals surface area contributed by atoms with Gasteiger partial charge in [-0.2, -0.15) is 0 Å². The Kier molecular flexibility index (Phi) is 5.86. The fraction of sp³-hybridized carbons (Fsp3) is 0.875. The van der Waals surface area contributed by atoms with E-state index < -0.39 is 0 Å². The van der Waals surface area contributed by atoms with Crippen molar-refractivity contribution in [1.82, 2.24) is 10.2 Å². The molecule has 0 saturated carbocycles. The number of nitrogens with one attached hydrogen (secondary N) is 1. The minimum atomic E-state index is 0.711. The SMILES string of the molecule is C=C(C)COCCN1C2CCCC1CC(NCC)C2. The van der Waals surface area contributed by atoms with E-state index in [1.54, 1.807) is 0 Å². The van der Waals surface area contributed by atoms with Gasteiger partial charge in [-0.15, -0.1) is 0 Å². The summed E-state index contributed by atoms with van der Waals surface area (Å²) < 4.78 is 5.68. The summed E-state index contributed by atoms with van der Waals surface area (Å²) in [5.74, 6) is 0. The van der Waals surface area contributed by atoms with Gasteiger partial charge in [0.05, 0.1) is 13.2 Å². The van der Waals surface area contributed by atoms with Crippen molar-refractivity contribution < 1.29 is 4.74 Å². The lowest BCUT2D eigenvalue weighted by molar-refractivity contribution is 0.00251. The van der Waals surface area contributed by atoms with E-state index in [0.717, 1.165) is 43.4 Å². The Bertz CT molecular complexity index is 278. The maximum Gasteiger partial charge on any atom is 0.0672 e. The second kappa shape index (κ2) is 7.41. The summed E-state index contributed by atoms with van der Waals surface area (Å²) in [6, 6.07) is 2.31. The van der Waals surface area contributed by atoms with Gasteiger partial charge in [0.15, 0.2) is 0 Å². The molecule has 0 aromatic carbocycles. The van der Waals surface area contributed by atoms with Crippen LogP contribution in [-0.2, 0) is 4.74 Å². The van der Waals surface area contributed by atoms with Crippen molar-refractivity contribution >= 4 is 0 Å². The molecular formula is C16H30N2O. The largest absolute Gasteiger partial charge is 0.376 e. The van der Waals surface area contributed by atoms with Gasteiger partial charge in [-0.3, -0.25) is 4.90 Å². The number of hydrogen-bond donors (Lipinski definition) is 1. The van der Waals surface area contributed by atoms with E-state index in [4.69, 9.17) is 4.74 Å². The van der Waals surface area contributed by atoms with Gasteiger partial charge >= 0.3 is 0 Å². The molecule has 2 saturated heterocycles. The van der Waals surface area contributed by atoms with Crippen molar-refractivity contribution in [1.29, 1.82) is 0 Å². The maximum atomic E-state index is 5.68. The Morgan fingerprint density at radius 3 is 2.58 bits per heavy atom. The minimum absolute atomic E-state index is 0.711. The lowest BCUT2D eigenvalue weighted by atomic mass is 9.82. The summed E-state index contributed by atoms with van der Waals surface area (Å²) in [6.07, 6.45) is 6.81. The van der Waals surface area contributed by atoms with E-state index in [1.807, 2.05) is 6.92 Å². The lowest BCUT2D eigenvalue weighted by Gasteiger charge is -2.49. The third-order valence-corrected chi connectivity index (χ3v) is 4.46. The highest BCUT2D eigenvalue weighted by Gasteiger charge is 2.37. The summed E-state index contributed by atoms with van der Waals surface area (Å²) in [4.78, 5) is 2.72. The monoisotopic (exact) mass is 266 g/mol. The molecule has 2 unspecified atom stereocenters. The van der Waals surface area contributed by atoms with Crippen LogP contribution in [-0.4, -0.2) is 49.3 Å². The standard InChI is InChI=1S/C16H30N2O/c1-4-17-14-10-15-6-5-7-16(11-14)18(15)8-9-19-12-13(2)3/h14-17H,2,4-12H2,1,3H3. The zero-order valence-electron chi connectivity index (χ0n) is 12.7. The topological polar surface area (TPSA) is 24.5 Å². The maximum absolute atomic E-state index is 5.68. The first-order valence-corrected chi connectivity index (χ1v) is 7.92. The predicted molar refractivity (Wildman–Crippen MR) is 80.5 cm³/mol. The summed E-state index contributed by atoms with van der Waals surface area (Å²) >= 11 is 0. The molecule has 2 aliphatic heterocycles. The summed E-state index contributed by atoms with van der Waals surface area (Å²) in [6.45, 7) is 11.9. The quantitative estimate of drug-likeness (QED) is 0.566. The second-order valence-corrected chi connectivity index (χ2v) is 6.21. The number of piperidine rings is 2. The van der Waals surface area contributed by atoms with Gasteiger partial charge < -0.3 is 10.1 Å². The highest BCUT2D eigenvalue weighted by molar-refractivity contribution is 4.95. The van der Waals surface area contributed by atoms with Crippen LogP contribution in [0.4, 0.5) is 0 Å².